The van der Waals surface area contributed by atoms with Gasteiger partial charge in [0, 0.05) is 45.5 Å². The maximum Gasteiger partial charge on any atom is 0.194 e. The molecule has 1 aromatic rings. The fourth-order valence-electron chi connectivity index (χ4n) is 2.65. The molecule has 1 aliphatic heterocycles. The first kappa shape index (κ1) is 18.5. The van der Waals surface area contributed by atoms with Gasteiger partial charge in [0.25, 0.3) is 0 Å². The number of hydrogen-bond acceptors (Lipinski definition) is 4. The van der Waals surface area contributed by atoms with Gasteiger partial charge in [-0.3, -0.25) is 4.99 Å². The van der Waals surface area contributed by atoms with Crippen LogP contribution in [0.15, 0.2) is 29.4 Å². The topological polar surface area (TPSA) is 53.0 Å². The van der Waals surface area contributed by atoms with E-state index in [0.29, 0.717) is 19.1 Å². The molecule has 24 heavy (non-hydrogen) atoms. The van der Waals surface area contributed by atoms with Crippen molar-refractivity contribution in [2.24, 2.45) is 10.9 Å². The van der Waals surface area contributed by atoms with Crippen LogP contribution in [-0.4, -0.2) is 68.3 Å². The van der Waals surface area contributed by atoms with Crippen LogP contribution in [0, 0.1) is 5.92 Å². The molecular formula is C18H31N5O. The van der Waals surface area contributed by atoms with Gasteiger partial charge in [0.2, 0.25) is 0 Å². The minimum atomic E-state index is 0.571. The monoisotopic (exact) mass is 333 g/mol. The van der Waals surface area contributed by atoms with E-state index >= 15 is 0 Å². The average molecular weight is 333 g/mol. The number of piperazine rings is 1. The Labute approximate surface area is 145 Å². The molecule has 2 heterocycles. The lowest BCUT2D eigenvalue weighted by atomic mass is 10.2. The fraction of sp³-hybridized carbons (Fsp3) is 0.667. The van der Waals surface area contributed by atoms with Crippen molar-refractivity contribution in [3.8, 4) is 0 Å². The summed E-state index contributed by atoms with van der Waals surface area (Å²) in [6.07, 6.45) is 1.85. The van der Waals surface area contributed by atoms with Crippen molar-refractivity contribution >= 4 is 11.8 Å². The molecule has 0 saturated carbocycles. The van der Waals surface area contributed by atoms with E-state index in [4.69, 9.17) is 9.73 Å². The van der Waals surface area contributed by atoms with Crippen molar-refractivity contribution in [2.75, 3.05) is 57.4 Å². The number of nitrogens with zero attached hydrogens (tertiary/aromatic N) is 4. The van der Waals surface area contributed by atoms with E-state index in [1.807, 2.05) is 18.3 Å². The van der Waals surface area contributed by atoms with Gasteiger partial charge in [-0.25, -0.2) is 4.98 Å². The number of pyridine rings is 1. The van der Waals surface area contributed by atoms with E-state index < -0.39 is 0 Å². The lowest BCUT2D eigenvalue weighted by Gasteiger charge is -2.37. The highest BCUT2D eigenvalue weighted by Gasteiger charge is 2.20. The number of aliphatic imine (C=N–C) groups is 1. The first-order valence-electron chi connectivity index (χ1n) is 8.97. The summed E-state index contributed by atoms with van der Waals surface area (Å²) in [6.45, 7) is 13.3. The van der Waals surface area contributed by atoms with Crippen LogP contribution in [-0.2, 0) is 4.74 Å². The van der Waals surface area contributed by atoms with Gasteiger partial charge < -0.3 is 19.9 Å². The Kier molecular flexibility index (Phi) is 7.82. The molecule has 0 radical (unpaired) electrons. The Morgan fingerprint density at radius 3 is 2.71 bits per heavy atom. The molecule has 6 nitrogen and oxygen atoms in total. The van der Waals surface area contributed by atoms with Crippen LogP contribution >= 0.6 is 0 Å². The molecule has 2 rings (SSSR count). The molecule has 0 aliphatic carbocycles. The number of aromatic nitrogens is 1. The Morgan fingerprint density at radius 1 is 1.29 bits per heavy atom. The van der Waals surface area contributed by atoms with Gasteiger partial charge in [0.1, 0.15) is 5.82 Å². The third-order valence-electron chi connectivity index (χ3n) is 3.84. The molecule has 0 unspecified atom stereocenters. The van der Waals surface area contributed by atoms with E-state index in [2.05, 4.69) is 46.9 Å². The Morgan fingerprint density at radius 2 is 2.08 bits per heavy atom. The third-order valence-corrected chi connectivity index (χ3v) is 3.84. The van der Waals surface area contributed by atoms with Crippen molar-refractivity contribution in [2.45, 2.75) is 20.8 Å². The van der Waals surface area contributed by atoms with Crippen molar-refractivity contribution in [1.82, 2.24) is 15.2 Å². The van der Waals surface area contributed by atoms with Crippen LogP contribution in [0.1, 0.15) is 20.8 Å². The van der Waals surface area contributed by atoms with Crippen molar-refractivity contribution in [1.29, 1.82) is 0 Å². The third kappa shape index (κ3) is 6.00. The van der Waals surface area contributed by atoms with Crippen LogP contribution in [0.4, 0.5) is 5.82 Å². The quantitative estimate of drug-likeness (QED) is 0.469. The van der Waals surface area contributed by atoms with Gasteiger partial charge in [-0.1, -0.05) is 19.9 Å². The summed E-state index contributed by atoms with van der Waals surface area (Å²) >= 11 is 0. The van der Waals surface area contributed by atoms with E-state index in [9.17, 15) is 0 Å². The van der Waals surface area contributed by atoms with Crippen LogP contribution in [0.5, 0.6) is 0 Å². The lowest BCUT2D eigenvalue weighted by molar-refractivity contribution is 0.116. The molecule has 0 aromatic carbocycles. The Bertz CT molecular complexity index is 483. The summed E-state index contributed by atoms with van der Waals surface area (Å²) in [4.78, 5) is 13.8. The number of rotatable bonds is 7. The average Bonchev–Trinajstić information content (AvgIpc) is 2.61. The minimum absolute atomic E-state index is 0.571. The second-order valence-electron chi connectivity index (χ2n) is 6.37. The molecule has 1 aliphatic rings. The molecule has 0 spiro atoms. The van der Waals surface area contributed by atoms with Crippen molar-refractivity contribution < 1.29 is 4.74 Å². The van der Waals surface area contributed by atoms with Crippen LogP contribution in [0.25, 0.3) is 0 Å². The highest BCUT2D eigenvalue weighted by atomic mass is 16.5. The predicted octanol–water partition coefficient (Wildman–Crippen LogP) is 1.84. The molecule has 0 atom stereocenters. The molecule has 6 heteroatoms. The Balaban J connectivity index is 1.81. The zero-order valence-corrected chi connectivity index (χ0v) is 15.2. The number of nitrogens with one attached hydrogen (secondary N) is 1. The standard InChI is InChI=1S/C18H31N5O/c1-4-19-18(21-9-14-24-15-16(2)3)23-12-10-22(11-13-23)17-7-5-6-8-20-17/h5-8,16H,4,9-15H2,1-3H3,(H,19,21). The summed E-state index contributed by atoms with van der Waals surface area (Å²) in [5.74, 6) is 2.62. The first-order chi connectivity index (χ1) is 11.7. The van der Waals surface area contributed by atoms with Crippen LogP contribution in [0.3, 0.4) is 0 Å². The lowest BCUT2D eigenvalue weighted by Crippen LogP contribution is -2.52. The summed E-state index contributed by atoms with van der Waals surface area (Å²) in [6, 6.07) is 6.06. The van der Waals surface area contributed by atoms with Gasteiger partial charge in [-0.05, 0) is 25.0 Å². The Hall–Kier alpha value is -1.82. The predicted molar refractivity (Wildman–Crippen MR) is 99.7 cm³/mol. The SMILES string of the molecule is CCNC(=NCCOCC(C)C)N1CCN(c2ccccn2)CC1. The number of hydrogen-bond donors (Lipinski definition) is 1. The van der Waals surface area contributed by atoms with Crippen LogP contribution < -0.4 is 10.2 Å². The smallest absolute Gasteiger partial charge is 0.194 e. The fourth-order valence-corrected chi connectivity index (χ4v) is 2.65. The largest absolute Gasteiger partial charge is 0.379 e. The molecular weight excluding hydrogens is 302 g/mol. The molecule has 1 fully saturated rings. The van der Waals surface area contributed by atoms with Gasteiger partial charge in [-0.2, -0.15) is 0 Å². The molecule has 0 bridgehead atoms. The van der Waals surface area contributed by atoms with Gasteiger partial charge in [0.05, 0.1) is 13.2 Å². The molecule has 1 aromatic heterocycles. The summed E-state index contributed by atoms with van der Waals surface area (Å²) in [5, 5.41) is 3.39. The second-order valence-corrected chi connectivity index (χ2v) is 6.37. The van der Waals surface area contributed by atoms with Gasteiger partial charge in [0.15, 0.2) is 5.96 Å². The van der Waals surface area contributed by atoms with Gasteiger partial charge >= 0.3 is 0 Å². The summed E-state index contributed by atoms with van der Waals surface area (Å²) in [7, 11) is 0. The molecule has 134 valence electrons. The maximum absolute atomic E-state index is 5.62. The molecule has 1 N–H and O–H groups in total. The van der Waals surface area contributed by atoms with E-state index in [-0.39, 0.29) is 0 Å². The van der Waals surface area contributed by atoms with Crippen molar-refractivity contribution in [3.63, 3.8) is 0 Å². The normalized spacial score (nSPS) is 15.9. The zero-order chi connectivity index (χ0) is 17.2. The summed E-state index contributed by atoms with van der Waals surface area (Å²) in [5.41, 5.74) is 0. The minimum Gasteiger partial charge on any atom is -0.379 e. The van der Waals surface area contributed by atoms with E-state index in [0.717, 1.165) is 51.1 Å². The first-order valence-corrected chi connectivity index (χ1v) is 8.97. The highest BCUT2D eigenvalue weighted by Crippen LogP contribution is 2.12. The van der Waals surface area contributed by atoms with E-state index in [1.54, 1.807) is 0 Å². The summed E-state index contributed by atoms with van der Waals surface area (Å²) < 4.78 is 5.62. The maximum atomic E-state index is 5.62. The van der Waals surface area contributed by atoms with E-state index in [1.165, 1.54) is 0 Å². The van der Waals surface area contributed by atoms with Crippen LogP contribution in [0.2, 0.25) is 0 Å². The van der Waals surface area contributed by atoms with Gasteiger partial charge in [-0.15, -0.1) is 0 Å². The van der Waals surface area contributed by atoms with Crippen molar-refractivity contribution in [3.05, 3.63) is 24.4 Å². The molecule has 1 saturated heterocycles. The number of ether oxygens (including phenoxy) is 1. The zero-order valence-electron chi connectivity index (χ0n) is 15.2. The molecule has 0 amide bonds. The highest BCUT2D eigenvalue weighted by molar-refractivity contribution is 5.80. The number of anilines is 1. The second kappa shape index (κ2) is 10.1. The number of guanidine groups is 1.